The van der Waals surface area contributed by atoms with Crippen molar-refractivity contribution in [1.82, 2.24) is 5.06 Å². The summed E-state index contributed by atoms with van der Waals surface area (Å²) in [6, 6.07) is 5.25. The molecule has 0 bridgehead atoms. The first-order valence-corrected chi connectivity index (χ1v) is 6.00. The van der Waals surface area contributed by atoms with Gasteiger partial charge in [0.2, 0.25) is 0 Å². The number of nitrogens with zero attached hydrogens (tertiary/aromatic N) is 1. The van der Waals surface area contributed by atoms with Crippen molar-refractivity contribution >= 4 is 6.47 Å². The fraction of sp³-hybridized carbons (Fsp3) is 0.462. The molecule has 0 aromatic heterocycles. The van der Waals surface area contributed by atoms with Crippen LogP contribution in [-0.4, -0.2) is 24.6 Å². The quantitative estimate of drug-likeness (QED) is 0.772. The lowest BCUT2D eigenvalue weighted by atomic mass is 9.94. The molecule has 19 heavy (non-hydrogen) atoms. The Morgan fingerprint density at radius 3 is 2.42 bits per heavy atom. The Balaban J connectivity index is 1.77. The maximum atomic E-state index is 12.4. The first-order chi connectivity index (χ1) is 8.99. The normalized spacial score (nSPS) is 17.0. The maximum Gasteiger partial charge on any atom is 0.416 e. The van der Waals surface area contributed by atoms with Gasteiger partial charge in [-0.1, -0.05) is 12.1 Å². The van der Waals surface area contributed by atoms with Gasteiger partial charge >= 0.3 is 12.6 Å². The summed E-state index contributed by atoms with van der Waals surface area (Å²) >= 11 is 0. The molecule has 0 aliphatic carbocycles. The molecular formula is C13H14F3NO2. The van der Waals surface area contributed by atoms with Gasteiger partial charge in [0.1, 0.15) is 0 Å². The first-order valence-electron chi connectivity index (χ1n) is 6.00. The van der Waals surface area contributed by atoms with Gasteiger partial charge in [0, 0.05) is 13.1 Å². The molecule has 0 N–H and O–H groups in total. The molecular weight excluding hydrogens is 259 g/mol. The van der Waals surface area contributed by atoms with E-state index in [-0.39, 0.29) is 0 Å². The summed E-state index contributed by atoms with van der Waals surface area (Å²) < 4.78 is 37.1. The van der Waals surface area contributed by atoms with Crippen LogP contribution >= 0.6 is 0 Å². The molecule has 1 aliphatic heterocycles. The molecule has 1 fully saturated rings. The molecule has 0 amide bonds. The van der Waals surface area contributed by atoms with Crippen LogP contribution < -0.4 is 0 Å². The largest absolute Gasteiger partial charge is 0.416 e. The highest BCUT2D eigenvalue weighted by atomic mass is 19.4. The lowest BCUT2D eigenvalue weighted by molar-refractivity contribution is -0.206. The molecule has 1 aromatic rings. The molecule has 0 saturated carbocycles. The summed E-state index contributed by atoms with van der Waals surface area (Å²) in [7, 11) is 0. The van der Waals surface area contributed by atoms with Gasteiger partial charge in [0.15, 0.2) is 0 Å². The molecule has 0 atom stereocenters. The fourth-order valence-electron chi connectivity index (χ4n) is 2.08. The lowest BCUT2D eigenvalue weighted by Gasteiger charge is -2.36. The van der Waals surface area contributed by atoms with Crippen LogP contribution in [0.15, 0.2) is 24.3 Å². The second-order valence-electron chi connectivity index (χ2n) is 4.65. The van der Waals surface area contributed by atoms with Crippen LogP contribution in [0.3, 0.4) is 0 Å². The van der Waals surface area contributed by atoms with Gasteiger partial charge in [-0.2, -0.15) is 13.2 Å². The highest BCUT2D eigenvalue weighted by Gasteiger charge is 2.30. The van der Waals surface area contributed by atoms with Crippen molar-refractivity contribution in [2.75, 3.05) is 13.1 Å². The van der Waals surface area contributed by atoms with E-state index in [4.69, 9.17) is 0 Å². The molecule has 1 heterocycles. The van der Waals surface area contributed by atoms with Gasteiger partial charge in [-0.15, -0.1) is 5.06 Å². The molecule has 1 aliphatic rings. The average Bonchev–Trinajstić information content (AvgIpc) is 2.31. The van der Waals surface area contributed by atoms with Gasteiger partial charge < -0.3 is 4.84 Å². The summed E-state index contributed by atoms with van der Waals surface area (Å²) in [5, 5.41) is 1.56. The van der Waals surface area contributed by atoms with Crippen molar-refractivity contribution in [3.63, 3.8) is 0 Å². The van der Waals surface area contributed by atoms with Crippen LogP contribution in [0.5, 0.6) is 0 Å². The van der Waals surface area contributed by atoms with Crippen molar-refractivity contribution in [3.8, 4) is 0 Å². The van der Waals surface area contributed by atoms with E-state index >= 15 is 0 Å². The topological polar surface area (TPSA) is 29.5 Å². The Labute approximate surface area is 108 Å². The van der Waals surface area contributed by atoms with Gasteiger partial charge in [-0.3, -0.25) is 4.79 Å². The summed E-state index contributed by atoms with van der Waals surface area (Å²) in [5.74, 6) is 0.433. The smallest absolute Gasteiger partial charge is 0.371 e. The lowest BCUT2D eigenvalue weighted by Crippen LogP contribution is -2.46. The minimum absolute atomic E-state index is 0.395. The molecule has 0 unspecified atom stereocenters. The molecule has 104 valence electrons. The molecule has 1 saturated heterocycles. The molecule has 2 rings (SSSR count). The Morgan fingerprint density at radius 2 is 1.89 bits per heavy atom. The molecule has 6 heteroatoms. The van der Waals surface area contributed by atoms with E-state index in [1.54, 1.807) is 5.06 Å². The van der Waals surface area contributed by atoms with E-state index in [1.807, 2.05) is 0 Å². The number of benzene rings is 1. The van der Waals surface area contributed by atoms with Crippen molar-refractivity contribution in [3.05, 3.63) is 35.4 Å². The number of carbonyl (C=O) groups excluding carboxylic acids is 1. The second kappa shape index (κ2) is 5.61. The highest BCUT2D eigenvalue weighted by molar-refractivity contribution is 5.36. The van der Waals surface area contributed by atoms with Gasteiger partial charge in [-0.25, -0.2) is 0 Å². The predicted molar refractivity (Wildman–Crippen MR) is 62.0 cm³/mol. The van der Waals surface area contributed by atoms with E-state index in [9.17, 15) is 18.0 Å². The number of alkyl halides is 3. The van der Waals surface area contributed by atoms with Gasteiger partial charge in [-0.05, 0) is 36.5 Å². The second-order valence-corrected chi connectivity index (χ2v) is 4.65. The van der Waals surface area contributed by atoms with Crippen molar-refractivity contribution in [2.45, 2.75) is 19.0 Å². The molecule has 0 radical (unpaired) electrons. The third kappa shape index (κ3) is 3.70. The number of hydrogen-bond donors (Lipinski definition) is 0. The minimum atomic E-state index is -4.28. The van der Waals surface area contributed by atoms with Gasteiger partial charge in [0.25, 0.3) is 0 Å². The van der Waals surface area contributed by atoms with Crippen LogP contribution in [-0.2, 0) is 22.2 Å². The zero-order valence-corrected chi connectivity index (χ0v) is 10.2. The third-order valence-corrected chi connectivity index (χ3v) is 3.24. The standard InChI is InChI=1S/C13H14F3NO2/c14-13(15,16)12-5-3-10(4-6-12)1-2-11-7-17(8-11)19-9-18/h3-6,9,11H,1-2,7-8H2. The number of hydrogen-bond acceptors (Lipinski definition) is 3. The summed E-state index contributed by atoms with van der Waals surface area (Å²) in [4.78, 5) is 14.7. The Kier molecular flexibility index (Phi) is 4.09. The Morgan fingerprint density at radius 1 is 1.26 bits per heavy atom. The third-order valence-electron chi connectivity index (χ3n) is 3.24. The van der Waals surface area contributed by atoms with Crippen LogP contribution in [0.25, 0.3) is 0 Å². The zero-order valence-electron chi connectivity index (χ0n) is 10.2. The number of aryl methyl sites for hydroxylation is 1. The van der Waals surface area contributed by atoms with E-state index in [0.717, 1.165) is 30.5 Å². The SMILES string of the molecule is O=CON1CC(CCc2ccc(C(F)(F)F)cc2)C1. The molecule has 0 spiro atoms. The number of halogens is 3. The maximum absolute atomic E-state index is 12.4. The average molecular weight is 273 g/mol. The summed E-state index contributed by atoms with van der Waals surface area (Å²) in [6.45, 7) is 1.78. The monoisotopic (exact) mass is 273 g/mol. The molecule has 1 aromatic carbocycles. The van der Waals surface area contributed by atoms with Crippen LogP contribution in [0, 0.1) is 5.92 Å². The zero-order chi connectivity index (χ0) is 13.9. The van der Waals surface area contributed by atoms with Crippen molar-refractivity contribution < 1.29 is 22.8 Å². The van der Waals surface area contributed by atoms with E-state index in [1.165, 1.54) is 12.1 Å². The van der Waals surface area contributed by atoms with E-state index in [2.05, 4.69) is 4.84 Å². The predicted octanol–water partition coefficient (Wildman–Crippen LogP) is 2.66. The Bertz CT molecular complexity index is 425. The minimum Gasteiger partial charge on any atom is -0.371 e. The summed E-state index contributed by atoms with van der Waals surface area (Å²) in [5.41, 5.74) is 0.271. The van der Waals surface area contributed by atoms with Crippen LogP contribution in [0.2, 0.25) is 0 Å². The fourth-order valence-corrected chi connectivity index (χ4v) is 2.08. The van der Waals surface area contributed by atoms with E-state index < -0.39 is 11.7 Å². The number of carbonyl (C=O) groups is 1. The first kappa shape index (κ1) is 13.9. The van der Waals surface area contributed by atoms with Gasteiger partial charge in [0.05, 0.1) is 5.56 Å². The summed E-state index contributed by atoms with van der Waals surface area (Å²) in [6.07, 6.45) is -2.67. The molecule has 3 nitrogen and oxygen atoms in total. The van der Waals surface area contributed by atoms with Crippen molar-refractivity contribution in [2.24, 2.45) is 5.92 Å². The Hall–Kier alpha value is -1.56. The van der Waals surface area contributed by atoms with Crippen molar-refractivity contribution in [1.29, 1.82) is 0 Å². The van der Waals surface area contributed by atoms with E-state index in [0.29, 0.717) is 25.5 Å². The highest BCUT2D eigenvalue weighted by Crippen LogP contribution is 2.29. The number of rotatable bonds is 5. The number of hydroxylamine groups is 2. The van der Waals surface area contributed by atoms with Crippen LogP contribution in [0.4, 0.5) is 13.2 Å². The van der Waals surface area contributed by atoms with Crippen LogP contribution in [0.1, 0.15) is 17.5 Å².